The summed E-state index contributed by atoms with van der Waals surface area (Å²) >= 11 is 0. The molecule has 0 unspecified atom stereocenters. The maximum atomic E-state index is 13.1. The summed E-state index contributed by atoms with van der Waals surface area (Å²) in [5.74, 6) is -0.365. The third-order valence-electron chi connectivity index (χ3n) is 5.43. The number of carbonyl (C=O) groups is 1. The van der Waals surface area contributed by atoms with Crippen molar-refractivity contribution in [2.75, 3.05) is 13.1 Å². The SMILES string of the molecule is O=C(NCc1ccccc1C(F)(F)F)c1ccc2c(c1)CCN(C1=CC=C1)CC2. The van der Waals surface area contributed by atoms with E-state index in [9.17, 15) is 18.0 Å². The molecule has 0 saturated heterocycles. The minimum atomic E-state index is -4.44. The number of amides is 1. The van der Waals surface area contributed by atoms with E-state index in [0.717, 1.165) is 37.6 Å². The number of nitrogens with zero attached hydrogens (tertiary/aromatic N) is 1. The predicted molar refractivity (Wildman–Crippen MR) is 105 cm³/mol. The molecule has 29 heavy (non-hydrogen) atoms. The van der Waals surface area contributed by atoms with Gasteiger partial charge in [-0.2, -0.15) is 13.2 Å². The lowest BCUT2D eigenvalue weighted by Crippen LogP contribution is -2.26. The Morgan fingerprint density at radius 3 is 2.45 bits per heavy atom. The molecule has 2 aromatic carbocycles. The molecule has 1 amide bonds. The summed E-state index contributed by atoms with van der Waals surface area (Å²) in [6.45, 7) is 1.65. The van der Waals surface area contributed by atoms with Gasteiger partial charge in [0.2, 0.25) is 0 Å². The maximum absolute atomic E-state index is 13.1. The number of hydrogen-bond acceptors (Lipinski definition) is 2. The molecule has 0 fully saturated rings. The third-order valence-corrected chi connectivity index (χ3v) is 5.43. The number of allylic oxidation sites excluding steroid dienone is 3. The van der Waals surface area contributed by atoms with Crippen molar-refractivity contribution in [3.63, 3.8) is 0 Å². The Labute approximate surface area is 167 Å². The highest BCUT2D eigenvalue weighted by atomic mass is 19.4. The lowest BCUT2D eigenvalue weighted by atomic mass is 9.99. The topological polar surface area (TPSA) is 32.3 Å². The summed E-state index contributed by atoms with van der Waals surface area (Å²) in [7, 11) is 0. The molecule has 0 bridgehead atoms. The molecule has 2 aromatic rings. The Bertz CT molecular complexity index is 992. The van der Waals surface area contributed by atoms with E-state index in [1.165, 1.54) is 29.5 Å². The van der Waals surface area contributed by atoms with Crippen LogP contribution in [0.2, 0.25) is 0 Å². The van der Waals surface area contributed by atoms with Crippen molar-refractivity contribution in [3.05, 3.63) is 94.2 Å². The maximum Gasteiger partial charge on any atom is 0.416 e. The minimum Gasteiger partial charge on any atom is -0.371 e. The van der Waals surface area contributed by atoms with E-state index in [0.29, 0.717) is 5.56 Å². The fourth-order valence-corrected chi connectivity index (χ4v) is 3.75. The normalized spacial score (nSPS) is 15.8. The second-order valence-corrected chi connectivity index (χ2v) is 7.26. The Kier molecular flexibility index (Phi) is 5.18. The molecular formula is C23H21F3N2O. The number of hydrogen-bond donors (Lipinski definition) is 1. The molecule has 4 rings (SSSR count). The van der Waals surface area contributed by atoms with Gasteiger partial charge in [-0.25, -0.2) is 0 Å². The Morgan fingerprint density at radius 1 is 1.03 bits per heavy atom. The average Bonchev–Trinajstić information content (AvgIpc) is 2.86. The number of rotatable bonds is 4. The molecule has 0 aromatic heterocycles. The molecule has 0 radical (unpaired) electrons. The first-order chi connectivity index (χ1) is 13.9. The van der Waals surface area contributed by atoms with Crippen LogP contribution < -0.4 is 5.32 Å². The highest BCUT2D eigenvalue weighted by molar-refractivity contribution is 5.94. The van der Waals surface area contributed by atoms with Crippen molar-refractivity contribution in [3.8, 4) is 0 Å². The zero-order chi connectivity index (χ0) is 20.4. The van der Waals surface area contributed by atoms with Crippen LogP contribution in [0, 0.1) is 0 Å². The van der Waals surface area contributed by atoms with Crippen molar-refractivity contribution in [2.45, 2.75) is 25.6 Å². The van der Waals surface area contributed by atoms with E-state index in [1.54, 1.807) is 6.07 Å². The van der Waals surface area contributed by atoms with Gasteiger partial charge in [-0.3, -0.25) is 4.79 Å². The van der Waals surface area contributed by atoms with Crippen LogP contribution in [0.4, 0.5) is 13.2 Å². The van der Waals surface area contributed by atoms with Crippen LogP contribution in [0.15, 0.2) is 66.4 Å². The Hall–Kier alpha value is -3.02. The van der Waals surface area contributed by atoms with Gasteiger partial charge >= 0.3 is 6.18 Å². The molecular weight excluding hydrogens is 377 g/mol. The molecule has 0 saturated carbocycles. The quantitative estimate of drug-likeness (QED) is 0.823. The molecule has 0 spiro atoms. The van der Waals surface area contributed by atoms with Crippen molar-refractivity contribution in [2.24, 2.45) is 0 Å². The molecule has 1 heterocycles. The summed E-state index contributed by atoms with van der Waals surface area (Å²) in [4.78, 5) is 14.9. The van der Waals surface area contributed by atoms with E-state index in [-0.39, 0.29) is 18.0 Å². The number of carbonyl (C=O) groups excluding carboxylic acids is 1. The Morgan fingerprint density at radius 2 is 1.76 bits per heavy atom. The third kappa shape index (κ3) is 4.21. The van der Waals surface area contributed by atoms with Gasteiger partial charge in [-0.15, -0.1) is 0 Å². The van der Waals surface area contributed by atoms with Gasteiger partial charge in [-0.05, 0) is 59.9 Å². The molecule has 6 heteroatoms. The number of alkyl halides is 3. The van der Waals surface area contributed by atoms with Crippen LogP contribution in [0.25, 0.3) is 0 Å². The summed E-state index contributed by atoms with van der Waals surface area (Å²) in [5.41, 5.74) is 3.39. The van der Waals surface area contributed by atoms with E-state index < -0.39 is 11.7 Å². The van der Waals surface area contributed by atoms with Gasteiger partial charge in [0.25, 0.3) is 5.91 Å². The molecule has 150 valence electrons. The van der Waals surface area contributed by atoms with Gasteiger partial charge in [-0.1, -0.05) is 30.3 Å². The van der Waals surface area contributed by atoms with Gasteiger partial charge in [0, 0.05) is 30.9 Å². The largest absolute Gasteiger partial charge is 0.416 e. The number of fused-ring (bicyclic) bond motifs is 1. The molecule has 1 aliphatic carbocycles. The van der Waals surface area contributed by atoms with Crippen LogP contribution in [0.1, 0.15) is 32.6 Å². The smallest absolute Gasteiger partial charge is 0.371 e. The van der Waals surface area contributed by atoms with Crippen LogP contribution >= 0.6 is 0 Å². The van der Waals surface area contributed by atoms with Crippen LogP contribution in [-0.2, 0) is 25.6 Å². The standard InChI is InChI=1S/C23H21F3N2O/c24-23(25,26)21-7-2-1-4-19(21)15-27-22(29)18-9-8-16-10-12-28(20-5-3-6-20)13-11-17(16)14-18/h1-9,14H,10-13,15H2,(H,27,29). The highest BCUT2D eigenvalue weighted by Gasteiger charge is 2.32. The first-order valence-corrected chi connectivity index (χ1v) is 9.60. The van der Waals surface area contributed by atoms with Crippen molar-refractivity contribution in [1.29, 1.82) is 0 Å². The van der Waals surface area contributed by atoms with Crippen LogP contribution in [0.3, 0.4) is 0 Å². The van der Waals surface area contributed by atoms with Gasteiger partial charge in [0.1, 0.15) is 0 Å². The molecule has 0 atom stereocenters. The summed E-state index contributed by atoms with van der Waals surface area (Å²) in [6.07, 6.45) is 3.50. The van der Waals surface area contributed by atoms with Gasteiger partial charge in [0.15, 0.2) is 0 Å². The first kappa shape index (κ1) is 19.3. The van der Waals surface area contributed by atoms with Crippen molar-refractivity contribution in [1.82, 2.24) is 10.2 Å². The lowest BCUT2D eigenvalue weighted by molar-refractivity contribution is -0.138. The highest BCUT2D eigenvalue weighted by Crippen LogP contribution is 2.31. The molecule has 3 nitrogen and oxygen atoms in total. The minimum absolute atomic E-state index is 0.0561. The van der Waals surface area contributed by atoms with E-state index in [1.807, 2.05) is 18.2 Å². The summed E-state index contributed by atoms with van der Waals surface area (Å²) < 4.78 is 39.3. The fourth-order valence-electron chi connectivity index (χ4n) is 3.75. The zero-order valence-electron chi connectivity index (χ0n) is 15.8. The monoisotopic (exact) mass is 398 g/mol. The van der Waals surface area contributed by atoms with Crippen molar-refractivity contribution >= 4 is 5.91 Å². The van der Waals surface area contributed by atoms with Crippen LogP contribution in [-0.4, -0.2) is 23.9 Å². The second kappa shape index (κ2) is 7.78. The average molecular weight is 398 g/mol. The Balaban J connectivity index is 1.44. The van der Waals surface area contributed by atoms with Gasteiger partial charge < -0.3 is 10.2 Å². The van der Waals surface area contributed by atoms with E-state index >= 15 is 0 Å². The number of benzene rings is 2. The van der Waals surface area contributed by atoms with Gasteiger partial charge in [0.05, 0.1) is 5.56 Å². The summed E-state index contributed by atoms with van der Waals surface area (Å²) in [6, 6.07) is 10.9. The molecule has 1 N–H and O–H groups in total. The van der Waals surface area contributed by atoms with E-state index in [4.69, 9.17) is 0 Å². The lowest BCUT2D eigenvalue weighted by Gasteiger charge is -2.26. The predicted octanol–water partition coefficient (Wildman–Crippen LogP) is 4.49. The number of nitrogens with one attached hydrogen (secondary N) is 1. The van der Waals surface area contributed by atoms with E-state index in [2.05, 4.69) is 22.4 Å². The zero-order valence-corrected chi connectivity index (χ0v) is 15.8. The molecule has 2 aliphatic rings. The summed E-state index contributed by atoms with van der Waals surface area (Å²) in [5, 5.41) is 2.63. The first-order valence-electron chi connectivity index (χ1n) is 9.60. The van der Waals surface area contributed by atoms with Crippen molar-refractivity contribution < 1.29 is 18.0 Å². The fraction of sp³-hybridized carbons (Fsp3) is 0.261. The molecule has 1 aliphatic heterocycles. The second-order valence-electron chi connectivity index (χ2n) is 7.26. The number of halogens is 3. The van der Waals surface area contributed by atoms with Crippen LogP contribution in [0.5, 0.6) is 0 Å².